The Kier molecular flexibility index (Phi) is 5.49. The van der Waals surface area contributed by atoms with E-state index in [-0.39, 0.29) is 23.6 Å². The summed E-state index contributed by atoms with van der Waals surface area (Å²) in [6.07, 6.45) is 4.80. The maximum Gasteiger partial charge on any atom is 0.305 e. The van der Waals surface area contributed by atoms with Crippen molar-refractivity contribution in [1.82, 2.24) is 0 Å². The zero-order chi connectivity index (χ0) is 16.2. The van der Waals surface area contributed by atoms with Gasteiger partial charge in [0.1, 0.15) is 17.5 Å². The molecule has 2 rings (SSSR count). The molecule has 122 valence electrons. The van der Waals surface area contributed by atoms with E-state index in [0.717, 1.165) is 25.0 Å². The van der Waals surface area contributed by atoms with Gasteiger partial charge in [-0.3, -0.25) is 4.79 Å². The molecule has 1 aromatic carbocycles. The number of benzene rings is 1. The van der Waals surface area contributed by atoms with Gasteiger partial charge in [0.05, 0.1) is 0 Å². The van der Waals surface area contributed by atoms with Gasteiger partial charge in [-0.1, -0.05) is 25.5 Å². The highest BCUT2D eigenvalue weighted by molar-refractivity contribution is 5.69. The van der Waals surface area contributed by atoms with Crippen molar-refractivity contribution in [3.8, 4) is 5.75 Å². The Morgan fingerprint density at radius 1 is 1.23 bits per heavy atom. The number of rotatable bonds is 4. The molecule has 0 spiro atoms. The lowest BCUT2D eigenvalue weighted by Gasteiger charge is -2.32. The molecular weight excluding hydrogens is 276 g/mol. The van der Waals surface area contributed by atoms with Crippen molar-refractivity contribution in [2.45, 2.75) is 77.4 Å². The van der Waals surface area contributed by atoms with Crippen molar-refractivity contribution in [1.29, 1.82) is 0 Å². The van der Waals surface area contributed by atoms with Gasteiger partial charge >= 0.3 is 5.97 Å². The Morgan fingerprint density at radius 3 is 2.64 bits per heavy atom. The number of esters is 1. The largest absolute Gasteiger partial charge is 0.488 e. The lowest BCUT2D eigenvalue weighted by Crippen LogP contribution is -2.28. The first-order chi connectivity index (χ1) is 10.4. The summed E-state index contributed by atoms with van der Waals surface area (Å²) >= 11 is 0. The van der Waals surface area contributed by atoms with Gasteiger partial charge in [0.2, 0.25) is 0 Å². The summed E-state index contributed by atoms with van der Waals surface area (Å²) in [5.74, 6) is 1.07. The highest BCUT2D eigenvalue weighted by Crippen LogP contribution is 2.36. The Bertz CT molecular complexity index is 502. The molecule has 0 heterocycles. The van der Waals surface area contributed by atoms with E-state index in [1.54, 1.807) is 0 Å². The fourth-order valence-electron chi connectivity index (χ4n) is 3.03. The van der Waals surface area contributed by atoms with Crippen molar-refractivity contribution in [3.63, 3.8) is 0 Å². The molecule has 1 saturated carbocycles. The maximum absolute atomic E-state index is 11.7. The Labute approximate surface area is 134 Å². The third-order valence-electron chi connectivity index (χ3n) is 3.98. The average Bonchev–Trinajstić information content (AvgIpc) is 2.46. The van der Waals surface area contributed by atoms with Gasteiger partial charge in [0.15, 0.2) is 0 Å². The van der Waals surface area contributed by atoms with E-state index in [1.165, 1.54) is 12.0 Å². The first-order valence-electron chi connectivity index (χ1n) is 8.37. The van der Waals surface area contributed by atoms with Crippen LogP contribution in [-0.2, 0) is 9.53 Å². The summed E-state index contributed by atoms with van der Waals surface area (Å²) in [5.41, 5.74) is 1.01. The van der Waals surface area contributed by atoms with Gasteiger partial charge in [0.25, 0.3) is 0 Å². The molecule has 1 aliphatic carbocycles. The second kappa shape index (κ2) is 7.17. The molecule has 0 unspecified atom stereocenters. The van der Waals surface area contributed by atoms with E-state index in [1.807, 2.05) is 39.8 Å². The van der Waals surface area contributed by atoms with Crippen LogP contribution in [0.3, 0.4) is 0 Å². The predicted molar refractivity (Wildman–Crippen MR) is 88.2 cm³/mol. The van der Waals surface area contributed by atoms with Crippen LogP contribution >= 0.6 is 0 Å². The van der Waals surface area contributed by atoms with Crippen LogP contribution in [-0.4, -0.2) is 17.7 Å². The highest BCUT2D eigenvalue weighted by Gasteiger charge is 2.29. The highest BCUT2D eigenvalue weighted by atomic mass is 16.5. The number of carbonyl (C=O) groups is 1. The molecule has 0 radical (unpaired) electrons. The van der Waals surface area contributed by atoms with Crippen LogP contribution in [0.1, 0.15) is 71.3 Å². The van der Waals surface area contributed by atoms with Gasteiger partial charge in [-0.05, 0) is 57.7 Å². The quantitative estimate of drug-likeness (QED) is 0.746. The van der Waals surface area contributed by atoms with E-state index in [4.69, 9.17) is 9.47 Å². The van der Waals surface area contributed by atoms with Crippen LogP contribution in [0, 0.1) is 0 Å². The van der Waals surface area contributed by atoms with Crippen molar-refractivity contribution < 1.29 is 14.3 Å². The summed E-state index contributed by atoms with van der Waals surface area (Å²) in [6, 6.07) is 8.25. The normalized spacial score (nSPS) is 22.2. The average molecular weight is 304 g/mol. The van der Waals surface area contributed by atoms with Gasteiger partial charge < -0.3 is 9.47 Å². The minimum Gasteiger partial charge on any atom is -0.488 e. The summed E-state index contributed by atoms with van der Waals surface area (Å²) < 4.78 is 11.6. The fraction of sp³-hybridized carbons (Fsp3) is 0.632. The smallest absolute Gasteiger partial charge is 0.305 e. The second-order valence-electron chi connectivity index (χ2n) is 7.06. The molecule has 1 aliphatic rings. The van der Waals surface area contributed by atoms with Crippen LogP contribution in [0.4, 0.5) is 0 Å². The van der Waals surface area contributed by atoms with Crippen LogP contribution in [0.15, 0.2) is 24.3 Å². The summed E-state index contributed by atoms with van der Waals surface area (Å²) in [5, 5.41) is 0. The molecular formula is C19H28O3. The molecule has 3 heteroatoms. The molecule has 1 aromatic rings. The van der Waals surface area contributed by atoms with Gasteiger partial charge in [-0.25, -0.2) is 0 Å². The first kappa shape index (κ1) is 16.9. The summed E-state index contributed by atoms with van der Waals surface area (Å²) in [6.45, 7) is 7.99. The number of hydrogen-bond acceptors (Lipinski definition) is 3. The molecule has 1 fully saturated rings. The van der Waals surface area contributed by atoms with Crippen LogP contribution in [0.5, 0.6) is 5.75 Å². The molecule has 0 aromatic heterocycles. The maximum atomic E-state index is 11.7. The van der Waals surface area contributed by atoms with E-state index in [2.05, 4.69) is 12.1 Å². The zero-order valence-corrected chi connectivity index (χ0v) is 14.2. The third kappa shape index (κ3) is 4.75. The standard InChI is InChI=1S/C19H28O3/c1-5-18(20)21-17-12-7-6-11-16(17)14-9-8-10-15(13-14)22-19(2,3)4/h8-10,13,16-17H,5-7,11-12H2,1-4H3/t16-,17+/m1/s1. The molecule has 2 atom stereocenters. The Morgan fingerprint density at radius 2 is 1.95 bits per heavy atom. The minimum absolute atomic E-state index is 0.00564. The van der Waals surface area contributed by atoms with Gasteiger partial charge in [-0.15, -0.1) is 0 Å². The molecule has 22 heavy (non-hydrogen) atoms. The van der Waals surface area contributed by atoms with Crippen LogP contribution < -0.4 is 4.74 Å². The lowest BCUT2D eigenvalue weighted by molar-refractivity contribution is -0.151. The van der Waals surface area contributed by atoms with Crippen LogP contribution in [0.25, 0.3) is 0 Å². The Balaban J connectivity index is 2.16. The Hall–Kier alpha value is -1.51. The molecule has 3 nitrogen and oxygen atoms in total. The molecule has 0 N–H and O–H groups in total. The first-order valence-corrected chi connectivity index (χ1v) is 8.37. The zero-order valence-electron chi connectivity index (χ0n) is 14.2. The van der Waals surface area contributed by atoms with Crippen molar-refractivity contribution in [2.24, 2.45) is 0 Å². The monoisotopic (exact) mass is 304 g/mol. The van der Waals surface area contributed by atoms with Crippen molar-refractivity contribution >= 4 is 5.97 Å². The van der Waals surface area contributed by atoms with E-state index < -0.39 is 0 Å². The van der Waals surface area contributed by atoms with Crippen molar-refractivity contribution in [2.75, 3.05) is 0 Å². The van der Waals surface area contributed by atoms with Gasteiger partial charge in [-0.2, -0.15) is 0 Å². The number of carbonyl (C=O) groups excluding carboxylic acids is 1. The lowest BCUT2D eigenvalue weighted by atomic mass is 9.81. The van der Waals surface area contributed by atoms with Gasteiger partial charge in [0, 0.05) is 12.3 Å². The molecule has 0 bridgehead atoms. The number of ether oxygens (including phenoxy) is 2. The van der Waals surface area contributed by atoms with Crippen LogP contribution in [0.2, 0.25) is 0 Å². The third-order valence-corrected chi connectivity index (χ3v) is 3.98. The SMILES string of the molecule is CCC(=O)O[C@H]1CCCC[C@@H]1c1cccc(OC(C)(C)C)c1. The fourth-order valence-corrected chi connectivity index (χ4v) is 3.03. The van der Waals surface area contributed by atoms with E-state index >= 15 is 0 Å². The van der Waals surface area contributed by atoms with Crippen molar-refractivity contribution in [3.05, 3.63) is 29.8 Å². The molecule has 0 amide bonds. The van der Waals surface area contributed by atoms with E-state index in [9.17, 15) is 4.79 Å². The summed E-state index contributed by atoms with van der Waals surface area (Å²) in [7, 11) is 0. The minimum atomic E-state index is -0.209. The van der Waals surface area contributed by atoms with E-state index in [0.29, 0.717) is 6.42 Å². The molecule has 0 saturated heterocycles. The summed E-state index contributed by atoms with van der Waals surface area (Å²) in [4.78, 5) is 11.7. The number of hydrogen-bond donors (Lipinski definition) is 0. The topological polar surface area (TPSA) is 35.5 Å². The second-order valence-corrected chi connectivity index (χ2v) is 7.06. The molecule has 0 aliphatic heterocycles. The predicted octanol–water partition coefficient (Wildman–Crippen LogP) is 4.84.